The molecule has 1 aromatic rings. The predicted octanol–water partition coefficient (Wildman–Crippen LogP) is 2.94. The molecule has 1 aromatic heterocycles. The second kappa shape index (κ2) is 6.44. The van der Waals surface area contributed by atoms with Crippen LogP contribution in [0.1, 0.15) is 16.8 Å². The Hall–Kier alpha value is -1.04. The summed E-state index contributed by atoms with van der Waals surface area (Å²) in [7, 11) is 0. The third-order valence-electron chi connectivity index (χ3n) is 1.61. The van der Waals surface area contributed by atoms with Gasteiger partial charge < -0.3 is 5.32 Å². The molecule has 5 nitrogen and oxygen atoms in total. The molecule has 0 aliphatic heterocycles. The van der Waals surface area contributed by atoms with Crippen molar-refractivity contribution in [3.05, 3.63) is 31.2 Å². The summed E-state index contributed by atoms with van der Waals surface area (Å²) in [4.78, 5) is 14.1. The first-order valence-electron chi connectivity index (χ1n) is 4.27. The summed E-state index contributed by atoms with van der Waals surface area (Å²) in [6.45, 7) is 0.926. The molecule has 0 saturated carbocycles. The highest BCUT2D eigenvalue weighted by Gasteiger charge is 2.06. The van der Waals surface area contributed by atoms with Gasteiger partial charge in [0, 0.05) is 23.4 Å². The van der Waals surface area contributed by atoms with Gasteiger partial charge in [0.05, 0.1) is 9.35 Å². The van der Waals surface area contributed by atoms with Crippen molar-refractivity contribution in [1.29, 1.82) is 0 Å². The van der Waals surface area contributed by atoms with Crippen LogP contribution in [-0.2, 0) is 0 Å². The van der Waals surface area contributed by atoms with E-state index >= 15 is 0 Å². The minimum Gasteiger partial charge on any atom is -0.352 e. The molecule has 80 valence electrons. The Kier molecular flexibility index (Phi) is 5.17. The smallest absolute Gasteiger partial charge is 0.252 e. The van der Waals surface area contributed by atoms with Crippen LogP contribution < -0.4 is 5.32 Å². The summed E-state index contributed by atoms with van der Waals surface area (Å²) < 4.78 is 0.932. The van der Waals surface area contributed by atoms with E-state index in [9.17, 15) is 4.79 Å². The monoisotopic (exact) mass is 288 g/mol. The maximum absolute atomic E-state index is 11.5. The molecular weight excluding hydrogens is 280 g/mol. The van der Waals surface area contributed by atoms with E-state index in [0.717, 1.165) is 3.79 Å². The van der Waals surface area contributed by atoms with Crippen molar-refractivity contribution in [3.63, 3.8) is 0 Å². The largest absolute Gasteiger partial charge is 0.352 e. The Labute approximate surface area is 99.2 Å². The van der Waals surface area contributed by atoms with Gasteiger partial charge >= 0.3 is 0 Å². The molecule has 15 heavy (non-hydrogen) atoms. The van der Waals surface area contributed by atoms with Gasteiger partial charge in [0.15, 0.2) is 0 Å². The number of azide groups is 1. The van der Waals surface area contributed by atoms with Gasteiger partial charge in [0.25, 0.3) is 5.91 Å². The maximum atomic E-state index is 11.5. The van der Waals surface area contributed by atoms with Gasteiger partial charge in [-0.1, -0.05) is 5.11 Å². The van der Waals surface area contributed by atoms with E-state index < -0.39 is 0 Å². The first-order valence-corrected chi connectivity index (χ1v) is 5.94. The SMILES string of the molecule is [N-]=[N+]=NCCCNC(=O)c1csc(Br)c1. The third kappa shape index (κ3) is 4.33. The molecule has 0 unspecified atom stereocenters. The van der Waals surface area contributed by atoms with Crippen molar-refractivity contribution in [3.8, 4) is 0 Å². The van der Waals surface area contributed by atoms with Gasteiger partial charge in [-0.3, -0.25) is 4.79 Å². The van der Waals surface area contributed by atoms with E-state index in [4.69, 9.17) is 5.53 Å². The number of hydrogen-bond acceptors (Lipinski definition) is 3. The van der Waals surface area contributed by atoms with Crippen molar-refractivity contribution in [2.24, 2.45) is 5.11 Å². The van der Waals surface area contributed by atoms with Gasteiger partial charge in [-0.2, -0.15) is 0 Å². The van der Waals surface area contributed by atoms with Crippen LogP contribution >= 0.6 is 27.3 Å². The third-order valence-corrected chi connectivity index (χ3v) is 3.12. The summed E-state index contributed by atoms with van der Waals surface area (Å²) in [5.74, 6) is -0.0992. The zero-order valence-corrected chi connectivity index (χ0v) is 10.2. The summed E-state index contributed by atoms with van der Waals surface area (Å²) in [6.07, 6.45) is 0.654. The molecule has 0 fully saturated rings. The Balaban J connectivity index is 2.27. The van der Waals surface area contributed by atoms with E-state index in [1.165, 1.54) is 11.3 Å². The van der Waals surface area contributed by atoms with Gasteiger partial charge in [-0.25, -0.2) is 0 Å². The van der Waals surface area contributed by atoms with Crippen molar-refractivity contribution in [2.45, 2.75) is 6.42 Å². The molecule has 0 aromatic carbocycles. The second-order valence-electron chi connectivity index (χ2n) is 2.70. The van der Waals surface area contributed by atoms with E-state index in [1.54, 1.807) is 11.4 Å². The lowest BCUT2D eigenvalue weighted by Crippen LogP contribution is -2.24. The fourth-order valence-electron chi connectivity index (χ4n) is 0.928. The molecule has 0 aliphatic rings. The van der Waals surface area contributed by atoms with E-state index in [2.05, 4.69) is 31.3 Å². The van der Waals surface area contributed by atoms with Gasteiger partial charge in [0.1, 0.15) is 0 Å². The highest BCUT2D eigenvalue weighted by Crippen LogP contribution is 2.20. The maximum Gasteiger partial charge on any atom is 0.252 e. The molecule has 0 aliphatic carbocycles. The summed E-state index contributed by atoms with van der Waals surface area (Å²) in [5.41, 5.74) is 8.67. The van der Waals surface area contributed by atoms with Crippen LogP contribution in [0.3, 0.4) is 0 Å². The van der Waals surface area contributed by atoms with Gasteiger partial charge in [0.2, 0.25) is 0 Å². The number of carbonyl (C=O) groups is 1. The van der Waals surface area contributed by atoms with Crippen molar-refractivity contribution in [1.82, 2.24) is 5.32 Å². The number of rotatable bonds is 5. The second-order valence-corrected chi connectivity index (χ2v) is 4.99. The molecule has 0 spiro atoms. The molecule has 1 amide bonds. The average molecular weight is 289 g/mol. The zero-order chi connectivity index (χ0) is 11.1. The van der Waals surface area contributed by atoms with E-state index in [1.807, 2.05) is 0 Å². The molecule has 0 bridgehead atoms. The van der Waals surface area contributed by atoms with E-state index in [-0.39, 0.29) is 5.91 Å². The Morgan fingerprint density at radius 3 is 3.13 bits per heavy atom. The Bertz CT molecular complexity index is 386. The van der Waals surface area contributed by atoms with Crippen LogP contribution in [0.2, 0.25) is 0 Å². The topological polar surface area (TPSA) is 77.9 Å². The van der Waals surface area contributed by atoms with Crippen molar-refractivity contribution < 1.29 is 4.79 Å². The Morgan fingerprint density at radius 1 is 1.73 bits per heavy atom. The number of thiophene rings is 1. The lowest BCUT2D eigenvalue weighted by molar-refractivity contribution is 0.0954. The summed E-state index contributed by atoms with van der Waals surface area (Å²) in [5, 5.41) is 7.89. The highest BCUT2D eigenvalue weighted by molar-refractivity contribution is 9.11. The molecule has 1 N–H and O–H groups in total. The number of amides is 1. The Morgan fingerprint density at radius 2 is 2.53 bits per heavy atom. The molecular formula is C8H9BrN4OS. The van der Waals surface area contributed by atoms with Crippen molar-refractivity contribution >= 4 is 33.2 Å². The minimum absolute atomic E-state index is 0.0992. The minimum atomic E-state index is -0.0992. The first-order chi connectivity index (χ1) is 7.24. The van der Waals surface area contributed by atoms with Crippen molar-refractivity contribution in [2.75, 3.05) is 13.1 Å². The predicted molar refractivity (Wildman–Crippen MR) is 63.0 cm³/mol. The normalized spacial score (nSPS) is 9.40. The average Bonchev–Trinajstić information content (AvgIpc) is 2.64. The summed E-state index contributed by atoms with van der Waals surface area (Å²) in [6, 6.07) is 1.77. The van der Waals surface area contributed by atoms with Gasteiger partial charge in [-0.05, 0) is 33.9 Å². The number of nitrogens with one attached hydrogen (secondary N) is 1. The summed E-state index contributed by atoms with van der Waals surface area (Å²) >= 11 is 4.76. The zero-order valence-electron chi connectivity index (χ0n) is 7.81. The molecule has 0 radical (unpaired) electrons. The van der Waals surface area contributed by atoms with Crippen LogP contribution in [0.25, 0.3) is 10.4 Å². The van der Waals surface area contributed by atoms with Crippen LogP contribution in [0, 0.1) is 0 Å². The molecule has 7 heteroatoms. The van der Waals surface area contributed by atoms with Crippen LogP contribution in [0.4, 0.5) is 0 Å². The molecule has 1 heterocycles. The standard InChI is InChI=1S/C8H9BrN4OS/c9-7-4-6(5-15-7)8(14)11-2-1-3-12-13-10/h4-5H,1-3H2,(H,11,14). The van der Waals surface area contributed by atoms with Crippen LogP contribution in [-0.4, -0.2) is 19.0 Å². The van der Waals surface area contributed by atoms with E-state index in [0.29, 0.717) is 25.1 Å². The number of halogens is 1. The molecule has 1 rings (SSSR count). The fraction of sp³-hybridized carbons (Fsp3) is 0.375. The van der Waals surface area contributed by atoms with Crippen LogP contribution in [0.15, 0.2) is 20.3 Å². The first kappa shape index (κ1) is 12.0. The number of carbonyl (C=O) groups excluding carboxylic acids is 1. The highest BCUT2D eigenvalue weighted by atomic mass is 79.9. The molecule has 0 atom stereocenters. The van der Waals surface area contributed by atoms with Gasteiger partial charge in [-0.15, -0.1) is 11.3 Å². The fourth-order valence-corrected chi connectivity index (χ4v) is 2.06. The lowest BCUT2D eigenvalue weighted by Gasteiger charge is -2.00. The quantitative estimate of drug-likeness (QED) is 0.384. The lowest BCUT2D eigenvalue weighted by atomic mass is 10.3. The number of hydrogen-bond donors (Lipinski definition) is 1. The molecule has 0 saturated heterocycles. The number of nitrogens with zero attached hydrogens (tertiary/aromatic N) is 3. The van der Waals surface area contributed by atoms with Crippen LogP contribution in [0.5, 0.6) is 0 Å².